The summed E-state index contributed by atoms with van der Waals surface area (Å²) in [5.41, 5.74) is 6.67. The molecule has 0 amide bonds. The number of halogens is 1. The molecule has 1 aliphatic rings. The smallest absolute Gasteiger partial charge is 0.123 e. The fraction of sp³-hybridized carbons (Fsp3) is 0.538. The highest BCUT2D eigenvalue weighted by Gasteiger charge is 2.33. The zero-order chi connectivity index (χ0) is 11.6. The molecule has 2 unspecified atom stereocenters. The molecule has 1 heterocycles. The van der Waals surface area contributed by atoms with Gasteiger partial charge in [-0.05, 0) is 37.5 Å². The van der Waals surface area contributed by atoms with Crippen molar-refractivity contribution < 1.29 is 9.13 Å². The third-order valence-corrected chi connectivity index (χ3v) is 3.45. The second-order valence-electron chi connectivity index (χ2n) is 4.71. The van der Waals surface area contributed by atoms with Crippen LogP contribution in [0.5, 0.6) is 0 Å². The lowest BCUT2D eigenvalue weighted by molar-refractivity contribution is 0.0243. The van der Waals surface area contributed by atoms with Gasteiger partial charge in [0.25, 0.3) is 0 Å². The Morgan fingerprint density at radius 1 is 1.50 bits per heavy atom. The Kier molecular flexibility index (Phi) is 3.26. The molecular formula is C13H18FNO. The number of hydrogen-bond donors (Lipinski definition) is 1. The van der Waals surface area contributed by atoms with Gasteiger partial charge in [0.15, 0.2) is 0 Å². The minimum absolute atomic E-state index is 0.231. The van der Waals surface area contributed by atoms with Crippen molar-refractivity contribution in [2.75, 3.05) is 13.2 Å². The molecule has 0 saturated carbocycles. The van der Waals surface area contributed by atoms with Crippen LogP contribution in [0.2, 0.25) is 0 Å². The van der Waals surface area contributed by atoms with E-state index in [4.69, 9.17) is 10.5 Å². The third kappa shape index (κ3) is 2.25. The van der Waals surface area contributed by atoms with Gasteiger partial charge in [-0.3, -0.25) is 0 Å². The summed E-state index contributed by atoms with van der Waals surface area (Å²) in [6, 6.07) is 6.56. The topological polar surface area (TPSA) is 35.2 Å². The van der Waals surface area contributed by atoms with Gasteiger partial charge in [-0.25, -0.2) is 4.39 Å². The van der Waals surface area contributed by atoms with E-state index in [1.807, 2.05) is 13.0 Å². The molecule has 1 aromatic carbocycles. The van der Waals surface area contributed by atoms with E-state index >= 15 is 0 Å². The molecule has 2 atom stereocenters. The Labute approximate surface area is 95.6 Å². The Bertz CT molecular complexity index is 359. The predicted octanol–water partition coefficient (Wildman–Crippen LogP) is 2.43. The van der Waals surface area contributed by atoms with Crippen LogP contribution in [0.4, 0.5) is 4.39 Å². The molecule has 0 spiro atoms. The highest BCUT2D eigenvalue weighted by Crippen LogP contribution is 2.32. The van der Waals surface area contributed by atoms with Gasteiger partial charge in [0, 0.05) is 18.1 Å². The van der Waals surface area contributed by atoms with E-state index in [9.17, 15) is 4.39 Å². The van der Waals surface area contributed by atoms with Crippen LogP contribution in [-0.4, -0.2) is 13.2 Å². The van der Waals surface area contributed by atoms with Gasteiger partial charge in [0.05, 0.1) is 6.61 Å². The maximum absolute atomic E-state index is 13.2. The Balaban J connectivity index is 2.22. The van der Waals surface area contributed by atoms with Gasteiger partial charge in [0.1, 0.15) is 5.82 Å². The third-order valence-electron chi connectivity index (χ3n) is 3.45. The molecule has 0 radical (unpaired) electrons. The van der Waals surface area contributed by atoms with Gasteiger partial charge in [0.2, 0.25) is 0 Å². The van der Waals surface area contributed by atoms with Crippen LogP contribution in [0.25, 0.3) is 0 Å². The van der Waals surface area contributed by atoms with E-state index < -0.39 is 5.54 Å². The second kappa shape index (κ2) is 4.52. The molecule has 3 heteroatoms. The van der Waals surface area contributed by atoms with Crippen molar-refractivity contribution in [3.05, 3.63) is 35.6 Å². The maximum atomic E-state index is 13.2. The summed E-state index contributed by atoms with van der Waals surface area (Å²) in [5, 5.41) is 0. The standard InChI is InChI=1S/C13H18FNO/c1-13(15,11-5-3-7-16-9-11)10-4-2-6-12(14)8-10/h2,4,6,8,11H,3,5,7,9,15H2,1H3. The normalized spacial score (nSPS) is 25.1. The lowest BCUT2D eigenvalue weighted by atomic mass is 9.78. The fourth-order valence-corrected chi connectivity index (χ4v) is 2.27. The molecule has 0 aliphatic carbocycles. The maximum Gasteiger partial charge on any atom is 0.123 e. The van der Waals surface area contributed by atoms with E-state index in [1.165, 1.54) is 12.1 Å². The first-order valence-electron chi connectivity index (χ1n) is 5.73. The van der Waals surface area contributed by atoms with Gasteiger partial charge in [-0.1, -0.05) is 12.1 Å². The molecule has 2 rings (SSSR count). The van der Waals surface area contributed by atoms with Crippen molar-refractivity contribution >= 4 is 0 Å². The fourth-order valence-electron chi connectivity index (χ4n) is 2.27. The van der Waals surface area contributed by atoms with Crippen LogP contribution < -0.4 is 5.73 Å². The first kappa shape index (κ1) is 11.6. The minimum atomic E-state index is -0.511. The highest BCUT2D eigenvalue weighted by atomic mass is 19.1. The van der Waals surface area contributed by atoms with Gasteiger partial charge < -0.3 is 10.5 Å². The van der Waals surface area contributed by atoms with E-state index in [0.717, 1.165) is 25.0 Å². The average Bonchev–Trinajstić information content (AvgIpc) is 2.30. The van der Waals surface area contributed by atoms with Crippen molar-refractivity contribution in [3.8, 4) is 0 Å². The van der Waals surface area contributed by atoms with Crippen LogP contribution in [0, 0.1) is 11.7 Å². The molecule has 16 heavy (non-hydrogen) atoms. The summed E-state index contributed by atoms with van der Waals surface area (Å²) in [6.07, 6.45) is 2.08. The number of rotatable bonds is 2. The van der Waals surface area contributed by atoms with Crippen LogP contribution in [0.3, 0.4) is 0 Å². The summed E-state index contributed by atoms with van der Waals surface area (Å²) < 4.78 is 18.6. The largest absolute Gasteiger partial charge is 0.381 e. The molecule has 0 bridgehead atoms. The van der Waals surface area contributed by atoms with E-state index in [-0.39, 0.29) is 11.7 Å². The van der Waals surface area contributed by atoms with Crippen molar-refractivity contribution in [1.82, 2.24) is 0 Å². The van der Waals surface area contributed by atoms with Gasteiger partial charge >= 0.3 is 0 Å². The summed E-state index contributed by atoms with van der Waals surface area (Å²) in [7, 11) is 0. The SMILES string of the molecule is CC(N)(c1cccc(F)c1)C1CCCOC1. The van der Waals surface area contributed by atoms with Crippen molar-refractivity contribution in [2.45, 2.75) is 25.3 Å². The summed E-state index contributed by atoms with van der Waals surface area (Å²) >= 11 is 0. The van der Waals surface area contributed by atoms with E-state index in [1.54, 1.807) is 6.07 Å². The van der Waals surface area contributed by atoms with Gasteiger partial charge in [-0.2, -0.15) is 0 Å². The Morgan fingerprint density at radius 2 is 2.31 bits per heavy atom. The second-order valence-corrected chi connectivity index (χ2v) is 4.71. The zero-order valence-corrected chi connectivity index (χ0v) is 9.58. The molecule has 2 N–H and O–H groups in total. The minimum Gasteiger partial charge on any atom is -0.381 e. The van der Waals surface area contributed by atoms with Crippen LogP contribution in [0.15, 0.2) is 24.3 Å². The van der Waals surface area contributed by atoms with Gasteiger partial charge in [-0.15, -0.1) is 0 Å². The van der Waals surface area contributed by atoms with Crippen LogP contribution >= 0.6 is 0 Å². The van der Waals surface area contributed by atoms with Crippen molar-refractivity contribution in [1.29, 1.82) is 0 Å². The number of hydrogen-bond acceptors (Lipinski definition) is 2. The molecule has 1 saturated heterocycles. The van der Waals surface area contributed by atoms with Crippen molar-refractivity contribution in [3.63, 3.8) is 0 Å². The Hall–Kier alpha value is -0.930. The zero-order valence-electron chi connectivity index (χ0n) is 9.58. The molecule has 1 aliphatic heterocycles. The molecular weight excluding hydrogens is 205 g/mol. The van der Waals surface area contributed by atoms with E-state index in [2.05, 4.69) is 0 Å². The number of benzene rings is 1. The molecule has 1 fully saturated rings. The molecule has 2 nitrogen and oxygen atoms in total. The highest BCUT2D eigenvalue weighted by molar-refractivity contribution is 5.25. The predicted molar refractivity (Wildman–Crippen MR) is 61.5 cm³/mol. The summed E-state index contributed by atoms with van der Waals surface area (Å²) in [5.74, 6) is 0.0361. The average molecular weight is 223 g/mol. The summed E-state index contributed by atoms with van der Waals surface area (Å²) in [6.45, 7) is 3.44. The van der Waals surface area contributed by atoms with Crippen LogP contribution in [-0.2, 0) is 10.3 Å². The molecule has 1 aromatic rings. The lowest BCUT2D eigenvalue weighted by Gasteiger charge is -2.37. The molecule has 88 valence electrons. The first-order chi connectivity index (χ1) is 7.60. The number of ether oxygens (including phenoxy) is 1. The molecule has 0 aromatic heterocycles. The van der Waals surface area contributed by atoms with Crippen molar-refractivity contribution in [2.24, 2.45) is 11.7 Å². The monoisotopic (exact) mass is 223 g/mol. The quantitative estimate of drug-likeness (QED) is 0.835. The first-order valence-corrected chi connectivity index (χ1v) is 5.73. The Morgan fingerprint density at radius 3 is 2.94 bits per heavy atom. The summed E-state index contributed by atoms with van der Waals surface area (Å²) in [4.78, 5) is 0. The lowest BCUT2D eigenvalue weighted by Crippen LogP contribution is -2.45. The van der Waals surface area contributed by atoms with E-state index in [0.29, 0.717) is 6.61 Å². The number of nitrogens with two attached hydrogens (primary N) is 1. The van der Waals surface area contributed by atoms with Crippen LogP contribution in [0.1, 0.15) is 25.3 Å².